The second-order valence-corrected chi connectivity index (χ2v) is 7.89. The molecule has 1 saturated heterocycles. The van der Waals surface area contributed by atoms with E-state index in [1.807, 2.05) is 11.9 Å². The van der Waals surface area contributed by atoms with Crippen LogP contribution in [0.5, 0.6) is 0 Å². The zero-order valence-corrected chi connectivity index (χ0v) is 14.9. The summed E-state index contributed by atoms with van der Waals surface area (Å²) in [7, 11) is 1.94. The lowest BCUT2D eigenvalue weighted by molar-refractivity contribution is -0.133. The largest absolute Gasteiger partial charge is 0.356 e. The molecular weight excluding hydrogens is 314 g/mol. The molecular formula is C20H27N3O2. The quantitative estimate of drug-likeness (QED) is 0.905. The first kappa shape index (κ1) is 16.6. The molecule has 0 bridgehead atoms. The molecule has 3 aliphatic rings. The highest BCUT2D eigenvalue weighted by Gasteiger charge is 2.40. The highest BCUT2D eigenvalue weighted by molar-refractivity contribution is 5.79. The van der Waals surface area contributed by atoms with Crippen LogP contribution in [0.3, 0.4) is 0 Å². The minimum atomic E-state index is 0.169. The second kappa shape index (κ2) is 6.79. The van der Waals surface area contributed by atoms with Gasteiger partial charge in [0.05, 0.1) is 6.54 Å². The standard InChI is InChI=1S/C20H27N3O2/c1-22(18-8-16-10-19(24)21-11-17(16)9-18)20(25)13-23-7-6-14-4-2-3-5-15(14)12-23/h2-5,16-18H,6-13H2,1H3,(H,21,24)/t16-,17+,18-/m1/s1. The number of fused-ring (bicyclic) bond motifs is 2. The Bertz CT molecular complexity index is 675. The van der Waals surface area contributed by atoms with Gasteiger partial charge in [0.15, 0.2) is 0 Å². The van der Waals surface area contributed by atoms with Gasteiger partial charge in [-0.3, -0.25) is 14.5 Å². The fraction of sp³-hybridized carbons (Fsp3) is 0.600. The van der Waals surface area contributed by atoms with Gasteiger partial charge in [0, 0.05) is 39.1 Å². The molecule has 1 saturated carbocycles. The highest BCUT2D eigenvalue weighted by Crippen LogP contribution is 2.38. The van der Waals surface area contributed by atoms with Gasteiger partial charge in [-0.05, 0) is 42.2 Å². The number of nitrogens with zero attached hydrogens (tertiary/aromatic N) is 2. The van der Waals surface area contributed by atoms with E-state index in [1.54, 1.807) is 0 Å². The van der Waals surface area contributed by atoms with Gasteiger partial charge in [0.25, 0.3) is 0 Å². The number of hydrogen-bond acceptors (Lipinski definition) is 3. The summed E-state index contributed by atoms with van der Waals surface area (Å²) in [6, 6.07) is 8.81. The van der Waals surface area contributed by atoms with Crippen LogP contribution in [0, 0.1) is 11.8 Å². The predicted octanol–water partition coefficient (Wildman–Crippen LogP) is 1.42. The first-order chi connectivity index (χ1) is 12.1. The van der Waals surface area contributed by atoms with Crippen LogP contribution in [0.15, 0.2) is 24.3 Å². The molecule has 4 rings (SSSR count). The molecule has 2 amide bonds. The minimum Gasteiger partial charge on any atom is -0.356 e. The number of amides is 2. The average molecular weight is 341 g/mol. The molecule has 134 valence electrons. The maximum Gasteiger partial charge on any atom is 0.236 e. The van der Waals surface area contributed by atoms with Crippen molar-refractivity contribution >= 4 is 11.8 Å². The Morgan fingerprint density at radius 2 is 2.00 bits per heavy atom. The maximum absolute atomic E-state index is 12.8. The fourth-order valence-electron chi connectivity index (χ4n) is 4.75. The van der Waals surface area contributed by atoms with Crippen molar-refractivity contribution in [2.75, 3.05) is 26.7 Å². The Morgan fingerprint density at radius 3 is 2.84 bits per heavy atom. The highest BCUT2D eigenvalue weighted by atomic mass is 16.2. The summed E-state index contributed by atoms with van der Waals surface area (Å²) in [5.74, 6) is 1.38. The molecule has 3 atom stereocenters. The van der Waals surface area contributed by atoms with Crippen molar-refractivity contribution in [1.82, 2.24) is 15.1 Å². The Hall–Kier alpha value is -1.88. The SMILES string of the molecule is CN(C(=O)CN1CCc2ccccc2C1)[C@H]1C[C@H]2CNC(=O)C[C@H]2C1. The fourth-order valence-corrected chi connectivity index (χ4v) is 4.75. The van der Waals surface area contributed by atoms with E-state index in [1.165, 1.54) is 11.1 Å². The van der Waals surface area contributed by atoms with Crippen LogP contribution in [0.25, 0.3) is 0 Å². The van der Waals surface area contributed by atoms with Crippen LogP contribution in [0.2, 0.25) is 0 Å². The van der Waals surface area contributed by atoms with Crippen molar-refractivity contribution < 1.29 is 9.59 Å². The molecule has 1 aromatic carbocycles. The van der Waals surface area contributed by atoms with Crippen LogP contribution >= 0.6 is 0 Å². The lowest BCUT2D eigenvalue weighted by atomic mass is 9.89. The number of piperidine rings is 1. The second-order valence-electron chi connectivity index (χ2n) is 7.89. The lowest BCUT2D eigenvalue weighted by Crippen LogP contribution is -2.44. The van der Waals surface area contributed by atoms with Crippen LogP contribution in [0.1, 0.15) is 30.4 Å². The molecule has 2 fully saturated rings. The number of rotatable bonds is 3. The van der Waals surface area contributed by atoms with E-state index >= 15 is 0 Å². The van der Waals surface area contributed by atoms with Crippen molar-refractivity contribution in [3.8, 4) is 0 Å². The van der Waals surface area contributed by atoms with Crippen molar-refractivity contribution in [1.29, 1.82) is 0 Å². The maximum atomic E-state index is 12.8. The van der Waals surface area contributed by atoms with Crippen LogP contribution in [-0.2, 0) is 22.6 Å². The molecule has 1 aromatic rings. The zero-order valence-electron chi connectivity index (χ0n) is 14.9. The number of benzene rings is 1. The van der Waals surface area contributed by atoms with E-state index in [0.717, 1.165) is 38.9 Å². The Labute approximate surface area is 149 Å². The number of likely N-dealkylation sites (N-methyl/N-ethyl adjacent to an activating group) is 1. The van der Waals surface area contributed by atoms with Crippen LogP contribution < -0.4 is 5.32 Å². The third-order valence-corrected chi connectivity index (χ3v) is 6.34. The van der Waals surface area contributed by atoms with Crippen molar-refractivity contribution in [2.24, 2.45) is 11.8 Å². The number of carbonyl (C=O) groups is 2. The molecule has 1 aliphatic carbocycles. The van der Waals surface area contributed by atoms with E-state index in [9.17, 15) is 9.59 Å². The predicted molar refractivity (Wildman–Crippen MR) is 95.8 cm³/mol. The Balaban J connectivity index is 1.33. The van der Waals surface area contributed by atoms with Gasteiger partial charge in [0.1, 0.15) is 0 Å². The third kappa shape index (κ3) is 3.43. The van der Waals surface area contributed by atoms with Crippen molar-refractivity contribution in [2.45, 2.75) is 38.3 Å². The molecule has 0 radical (unpaired) electrons. The van der Waals surface area contributed by atoms with Gasteiger partial charge in [-0.2, -0.15) is 0 Å². The number of carbonyl (C=O) groups excluding carboxylic acids is 2. The first-order valence-electron chi connectivity index (χ1n) is 9.41. The van der Waals surface area contributed by atoms with Gasteiger partial charge in [0.2, 0.25) is 11.8 Å². The molecule has 2 aliphatic heterocycles. The van der Waals surface area contributed by atoms with Crippen molar-refractivity contribution in [3.05, 3.63) is 35.4 Å². The van der Waals surface area contributed by atoms with Gasteiger partial charge in [-0.25, -0.2) is 0 Å². The lowest BCUT2D eigenvalue weighted by Gasteiger charge is -2.31. The van der Waals surface area contributed by atoms with Crippen LogP contribution in [0.4, 0.5) is 0 Å². The van der Waals surface area contributed by atoms with E-state index in [2.05, 4.69) is 34.5 Å². The summed E-state index contributed by atoms with van der Waals surface area (Å²) in [6.07, 6.45) is 3.65. The molecule has 25 heavy (non-hydrogen) atoms. The van der Waals surface area contributed by atoms with E-state index < -0.39 is 0 Å². The topological polar surface area (TPSA) is 52.7 Å². The molecule has 1 N–H and O–H groups in total. The summed E-state index contributed by atoms with van der Waals surface area (Å²) in [4.78, 5) is 28.6. The molecule has 0 aromatic heterocycles. The number of nitrogens with one attached hydrogen (secondary N) is 1. The molecule has 0 unspecified atom stereocenters. The summed E-state index contributed by atoms with van der Waals surface area (Å²) in [5.41, 5.74) is 2.76. The normalized spacial score (nSPS) is 28.8. The summed E-state index contributed by atoms with van der Waals surface area (Å²) >= 11 is 0. The molecule has 0 spiro atoms. The molecule has 5 nitrogen and oxygen atoms in total. The zero-order chi connectivity index (χ0) is 17.4. The van der Waals surface area contributed by atoms with E-state index in [-0.39, 0.29) is 17.9 Å². The summed E-state index contributed by atoms with van der Waals surface area (Å²) in [5, 5.41) is 2.97. The summed E-state index contributed by atoms with van der Waals surface area (Å²) < 4.78 is 0. The van der Waals surface area contributed by atoms with Gasteiger partial charge < -0.3 is 10.2 Å². The van der Waals surface area contributed by atoms with Gasteiger partial charge >= 0.3 is 0 Å². The van der Waals surface area contributed by atoms with E-state index in [4.69, 9.17) is 0 Å². The smallest absolute Gasteiger partial charge is 0.236 e. The molecule has 2 heterocycles. The third-order valence-electron chi connectivity index (χ3n) is 6.34. The average Bonchev–Trinajstić information content (AvgIpc) is 3.04. The Kier molecular flexibility index (Phi) is 4.50. The van der Waals surface area contributed by atoms with Crippen molar-refractivity contribution in [3.63, 3.8) is 0 Å². The van der Waals surface area contributed by atoms with E-state index in [0.29, 0.717) is 24.8 Å². The Morgan fingerprint density at radius 1 is 1.24 bits per heavy atom. The van der Waals surface area contributed by atoms with Gasteiger partial charge in [-0.1, -0.05) is 24.3 Å². The van der Waals surface area contributed by atoms with Gasteiger partial charge in [-0.15, -0.1) is 0 Å². The molecule has 5 heteroatoms. The van der Waals surface area contributed by atoms with Crippen LogP contribution in [-0.4, -0.2) is 54.3 Å². The minimum absolute atomic E-state index is 0.169. The first-order valence-corrected chi connectivity index (χ1v) is 9.41. The summed E-state index contributed by atoms with van der Waals surface area (Å²) in [6.45, 7) is 3.09. The monoisotopic (exact) mass is 341 g/mol. The number of hydrogen-bond donors (Lipinski definition) is 1.